The fourth-order valence-electron chi connectivity index (χ4n) is 15.3. The molecule has 1 N–H and O–H groups in total. The Labute approximate surface area is 578 Å². The summed E-state index contributed by atoms with van der Waals surface area (Å²) in [5.41, 5.74) is 8.03. The molecule has 0 unspecified atom stereocenters. The average Bonchev–Trinajstić information content (AvgIpc) is 1.42. The van der Waals surface area contributed by atoms with E-state index in [-0.39, 0.29) is 71.2 Å². The van der Waals surface area contributed by atoms with Gasteiger partial charge in [0.05, 0.1) is 88.7 Å². The Balaban J connectivity index is 0.000000134. The number of halogens is 1. The molecule has 9 aliphatic heterocycles. The van der Waals surface area contributed by atoms with Crippen molar-refractivity contribution in [3.63, 3.8) is 0 Å². The Morgan fingerprint density at radius 3 is 1.16 bits per heavy atom. The van der Waals surface area contributed by atoms with Crippen molar-refractivity contribution >= 4 is 43.6 Å². The Bertz CT molecular complexity index is 4490. The third-order valence-corrected chi connectivity index (χ3v) is 20.8. The summed E-state index contributed by atoms with van der Waals surface area (Å²) in [5.74, 6) is 2.66. The molecule has 6 atom stereocenters. The van der Waals surface area contributed by atoms with Crippen LogP contribution in [0.15, 0.2) is 41.3 Å². The van der Waals surface area contributed by atoms with Crippen molar-refractivity contribution in [1.82, 2.24) is 14.7 Å². The molecule has 6 aromatic carbocycles. The van der Waals surface area contributed by atoms with Gasteiger partial charge < -0.3 is 95.1 Å². The summed E-state index contributed by atoms with van der Waals surface area (Å²) in [6.07, 6.45) is -0.500. The molecule has 31 heteroatoms. The summed E-state index contributed by atoms with van der Waals surface area (Å²) < 4.78 is 132. The van der Waals surface area contributed by atoms with E-state index in [9.17, 15) is 32.7 Å². The number of cyclic esters (lactones) is 3. The van der Waals surface area contributed by atoms with Crippen LogP contribution in [0.25, 0.3) is 0 Å². The van der Waals surface area contributed by atoms with Gasteiger partial charge in [0.2, 0.25) is 37.6 Å². The quantitative estimate of drug-likeness (QED) is 0.0540. The number of fused-ring (bicyclic) bond motifs is 9. The van der Waals surface area contributed by atoms with E-state index in [2.05, 4.69) is 4.90 Å². The highest BCUT2D eigenvalue weighted by atomic mass is 35.7. The summed E-state index contributed by atoms with van der Waals surface area (Å²) in [7, 11) is 22.6. The largest absolute Gasteiger partial charge is 0.493 e. The number of methoxy groups -OCH3 is 10. The van der Waals surface area contributed by atoms with Crippen LogP contribution >= 0.6 is 10.7 Å². The molecular weight excluding hydrogens is 1350 g/mol. The number of carboxylic acid groups (broad SMARTS) is 1. The van der Waals surface area contributed by atoms with Gasteiger partial charge in [-0.15, -0.1) is 0 Å². The van der Waals surface area contributed by atoms with Gasteiger partial charge in [0.1, 0.15) is 45.5 Å². The number of aromatic carboxylic acids is 1. The van der Waals surface area contributed by atoms with Crippen molar-refractivity contribution in [1.29, 1.82) is 0 Å². The topological polar surface area (TPSA) is 308 Å². The van der Waals surface area contributed by atoms with E-state index in [1.54, 1.807) is 44.6 Å². The highest BCUT2D eigenvalue weighted by molar-refractivity contribution is 8.13. The molecule has 9 aliphatic rings. The summed E-state index contributed by atoms with van der Waals surface area (Å²) >= 11 is 0. The summed E-state index contributed by atoms with van der Waals surface area (Å²) in [6.45, 7) is 1.98. The van der Waals surface area contributed by atoms with Gasteiger partial charge >= 0.3 is 23.9 Å². The van der Waals surface area contributed by atoms with Crippen LogP contribution in [0.3, 0.4) is 0 Å². The number of esters is 3. The normalized spacial score (nSPS) is 20.8. The van der Waals surface area contributed by atoms with E-state index < -0.39 is 63.3 Å². The predicted octanol–water partition coefficient (Wildman–Crippen LogP) is 8.42. The zero-order valence-electron chi connectivity index (χ0n) is 56.8. The number of hydrogen-bond donors (Lipinski definition) is 1. The van der Waals surface area contributed by atoms with Crippen LogP contribution in [-0.2, 0) is 53.9 Å². The summed E-state index contributed by atoms with van der Waals surface area (Å²) in [6, 6.07) is 9.15. The molecule has 29 nitrogen and oxygen atoms in total. The van der Waals surface area contributed by atoms with Gasteiger partial charge in [-0.1, -0.05) is 18.2 Å². The molecule has 532 valence electrons. The third-order valence-electron chi connectivity index (χ3n) is 19.5. The van der Waals surface area contributed by atoms with E-state index in [1.807, 2.05) is 37.0 Å². The lowest BCUT2D eigenvalue weighted by Crippen LogP contribution is -2.37. The molecule has 0 aliphatic carbocycles. The average molecular weight is 1430 g/mol. The molecule has 100 heavy (non-hydrogen) atoms. The fourth-order valence-corrected chi connectivity index (χ4v) is 16.7. The molecule has 0 spiro atoms. The van der Waals surface area contributed by atoms with Crippen LogP contribution in [0.1, 0.15) is 134 Å². The smallest absolute Gasteiger partial charge is 0.343 e. The lowest BCUT2D eigenvalue weighted by atomic mass is 9.83. The van der Waals surface area contributed by atoms with Crippen molar-refractivity contribution in [3.05, 3.63) is 114 Å². The van der Waals surface area contributed by atoms with Gasteiger partial charge in [-0.05, 0) is 75.3 Å². The minimum atomic E-state index is -4.20. The van der Waals surface area contributed by atoms with E-state index >= 15 is 0 Å². The number of likely N-dealkylation sites (N-methyl/N-ethyl adjacent to an activating group) is 3. The maximum absolute atomic E-state index is 13.0. The van der Waals surface area contributed by atoms with Crippen LogP contribution in [-0.4, -0.2) is 184 Å². The Hall–Kier alpha value is -9.72. The molecule has 6 aromatic rings. The lowest BCUT2D eigenvalue weighted by Gasteiger charge is -2.39. The van der Waals surface area contributed by atoms with E-state index in [0.29, 0.717) is 135 Å². The minimum absolute atomic E-state index is 0.0316. The fraction of sp³-hybridized carbons (Fsp3) is 0.420. The molecule has 0 fully saturated rings. The zero-order valence-corrected chi connectivity index (χ0v) is 58.4. The number of carbonyl (C=O) groups is 4. The summed E-state index contributed by atoms with van der Waals surface area (Å²) in [4.78, 5) is 57.2. The van der Waals surface area contributed by atoms with Crippen molar-refractivity contribution in [2.75, 3.05) is 132 Å². The number of carbonyl (C=O) groups excluding carboxylic acids is 3. The first-order valence-corrected chi connectivity index (χ1v) is 33.7. The van der Waals surface area contributed by atoms with Gasteiger partial charge in [-0.3, -0.25) is 14.7 Å². The van der Waals surface area contributed by atoms with Crippen LogP contribution in [0.5, 0.6) is 86.2 Å². The van der Waals surface area contributed by atoms with Crippen LogP contribution < -0.4 is 71.1 Å². The second-order valence-corrected chi connectivity index (χ2v) is 26.6. The van der Waals surface area contributed by atoms with Crippen LogP contribution in [0.4, 0.5) is 0 Å². The van der Waals surface area contributed by atoms with E-state index in [0.717, 1.165) is 35.2 Å². The van der Waals surface area contributed by atoms with Crippen molar-refractivity contribution in [2.45, 2.75) is 67.2 Å². The molecule has 9 heterocycles. The number of ether oxygens (including phenoxy) is 19. The number of nitrogens with zero attached hydrogens (tertiary/aromatic N) is 3. The van der Waals surface area contributed by atoms with Crippen molar-refractivity contribution in [2.24, 2.45) is 0 Å². The minimum Gasteiger partial charge on any atom is -0.493 e. The van der Waals surface area contributed by atoms with Crippen LogP contribution in [0, 0.1) is 0 Å². The highest BCUT2D eigenvalue weighted by Crippen LogP contribution is 2.62. The lowest BCUT2D eigenvalue weighted by molar-refractivity contribution is 0.00791. The molecule has 15 rings (SSSR count). The summed E-state index contributed by atoms with van der Waals surface area (Å²) in [5, 5.41) is 10.0. The second-order valence-electron chi connectivity index (χ2n) is 24.1. The third kappa shape index (κ3) is 10.8. The van der Waals surface area contributed by atoms with Crippen molar-refractivity contribution in [3.8, 4) is 86.2 Å². The SMILES string of the molecule is COCc1c2c(c(OC)c3c1OCO3)[C@H]([C@H]1OC(=O)c3c1ccc(OC)c3OC)N(C)CC2.COc1ccc2c(c1OC)C(=O)O[C@@H]2[C@H]1c2c(c(C(=O)O)c3c(c2OC)OCO3)CCN1C.COc1ccc2c(c1OC)C(=O)O[C@@H]2[C@H]1c2c(c(S(=O)(=O)Cl)c3c(c2OC)OCO3)CCN1C. The molecular formula is C69H72ClN3O26S. The molecule has 0 saturated carbocycles. The number of rotatable bonds is 16. The molecule has 0 radical (unpaired) electrons. The van der Waals surface area contributed by atoms with Gasteiger partial charge in [0.15, 0.2) is 69.0 Å². The first-order valence-electron chi connectivity index (χ1n) is 31.4. The van der Waals surface area contributed by atoms with Crippen molar-refractivity contribution < 1.29 is 123 Å². The standard InChI is InChI=1S/C24H27NO8.C23H23NO9.C22H22ClNO9S/c1-25-9-8-12-14(10-27-2)20-23(32-11-31-20)22(30-5)16(12)18(25)19-13-6-7-15(28-3)21(29-4)17(13)24(26)33-19;1-24-8-7-10-13(19(30-4)21-20(31-9-32-21)14(10)22(25)26)16(24)17-11-5-6-12(28-2)18(29-3)15(11)23(27)33-17;1-24-8-7-11-13(18(30-4)19-20(32-9-31-19)21(11)34(23,26)27)15(24)16-10-5-6-12(28-2)17(29-3)14(10)22(25)33-16/h6-7,18-19H,8-11H2,1-5H3;5-6,16-17H,7-9H2,1-4H3,(H,25,26);5-6,15-16H,7-9H2,1-4H3/t18-,19+;16-,17+;15-,16+/m111/s1. The Morgan fingerprint density at radius 2 is 0.790 bits per heavy atom. The first kappa shape index (κ1) is 68.8. The van der Waals surface area contributed by atoms with Gasteiger partial charge in [0.25, 0.3) is 9.05 Å². The Morgan fingerprint density at radius 1 is 0.460 bits per heavy atom. The maximum Gasteiger partial charge on any atom is 0.343 e. The zero-order chi connectivity index (χ0) is 71.1. The predicted molar refractivity (Wildman–Crippen MR) is 348 cm³/mol. The Kier molecular flexibility index (Phi) is 18.6. The molecule has 0 bridgehead atoms. The van der Waals surface area contributed by atoms with Gasteiger partial charge in [-0.2, -0.15) is 0 Å². The number of carboxylic acids is 1. The monoisotopic (exact) mass is 1430 g/mol. The molecule has 0 aromatic heterocycles. The van der Waals surface area contributed by atoms with Crippen LogP contribution in [0.2, 0.25) is 0 Å². The van der Waals surface area contributed by atoms with Gasteiger partial charge in [0, 0.05) is 76.4 Å². The van der Waals surface area contributed by atoms with E-state index in [1.165, 1.54) is 56.9 Å². The highest BCUT2D eigenvalue weighted by Gasteiger charge is 2.52. The number of hydrogen-bond acceptors (Lipinski definition) is 28. The maximum atomic E-state index is 13.0. The van der Waals surface area contributed by atoms with Gasteiger partial charge in [-0.25, -0.2) is 27.6 Å². The van der Waals surface area contributed by atoms with E-state index in [4.69, 9.17) is 101 Å². The first-order chi connectivity index (χ1) is 48.2. The number of benzene rings is 6. The second kappa shape index (κ2) is 27.1. The molecule has 0 amide bonds. The molecule has 0 saturated heterocycles.